The van der Waals surface area contributed by atoms with Crippen molar-refractivity contribution in [1.82, 2.24) is 0 Å². The third-order valence-corrected chi connectivity index (χ3v) is 2.79. The van der Waals surface area contributed by atoms with E-state index in [9.17, 15) is 9.18 Å². The van der Waals surface area contributed by atoms with E-state index in [1.807, 2.05) is 0 Å². The highest BCUT2D eigenvalue weighted by atomic mass is 19.1. The Bertz CT molecular complexity index is 608. The number of halogens is 1. The average molecular weight is 276 g/mol. The number of aliphatic hydroxyl groups excluding tert-OH is 1. The molecule has 0 aliphatic carbocycles. The number of hydrogen-bond acceptors (Lipinski definition) is 3. The standard InChI is InChI=1S/C15H13FO4/c16-14-6-3-11(15(18)19)7-12(14)9-20-13-4-1-10(8-17)2-5-13/h1-7,17H,8-9H2,(H,18,19). The highest BCUT2D eigenvalue weighted by Gasteiger charge is 2.09. The summed E-state index contributed by atoms with van der Waals surface area (Å²) < 4.78 is 18.9. The summed E-state index contributed by atoms with van der Waals surface area (Å²) in [5.74, 6) is -1.11. The van der Waals surface area contributed by atoms with E-state index in [-0.39, 0.29) is 24.3 Å². The molecule has 20 heavy (non-hydrogen) atoms. The van der Waals surface area contributed by atoms with Crippen LogP contribution in [0.4, 0.5) is 4.39 Å². The van der Waals surface area contributed by atoms with Crippen LogP contribution in [0.5, 0.6) is 5.75 Å². The second-order valence-corrected chi connectivity index (χ2v) is 4.20. The van der Waals surface area contributed by atoms with Crippen LogP contribution in [0, 0.1) is 5.82 Å². The van der Waals surface area contributed by atoms with Gasteiger partial charge in [-0.05, 0) is 35.9 Å². The quantitative estimate of drug-likeness (QED) is 0.881. The molecule has 0 fully saturated rings. The summed E-state index contributed by atoms with van der Waals surface area (Å²) in [6.07, 6.45) is 0. The van der Waals surface area contributed by atoms with Gasteiger partial charge in [0.25, 0.3) is 0 Å². The molecule has 0 saturated heterocycles. The summed E-state index contributed by atoms with van der Waals surface area (Å²) in [5, 5.41) is 17.8. The van der Waals surface area contributed by atoms with Gasteiger partial charge in [0.2, 0.25) is 0 Å². The summed E-state index contributed by atoms with van der Waals surface area (Å²) in [4.78, 5) is 10.8. The Kier molecular flexibility index (Phi) is 4.32. The largest absolute Gasteiger partial charge is 0.489 e. The fraction of sp³-hybridized carbons (Fsp3) is 0.133. The van der Waals surface area contributed by atoms with Crippen molar-refractivity contribution in [2.75, 3.05) is 0 Å². The Morgan fingerprint density at radius 3 is 2.45 bits per heavy atom. The minimum atomic E-state index is -1.11. The molecular formula is C15H13FO4. The molecule has 0 amide bonds. The summed E-state index contributed by atoms with van der Waals surface area (Å²) in [5.41, 5.74) is 0.938. The van der Waals surface area contributed by atoms with Gasteiger partial charge in [-0.2, -0.15) is 0 Å². The molecule has 104 valence electrons. The Labute approximate surface area is 115 Å². The monoisotopic (exact) mass is 276 g/mol. The fourth-order valence-corrected chi connectivity index (χ4v) is 1.67. The molecule has 5 heteroatoms. The van der Waals surface area contributed by atoms with Crippen LogP contribution in [0.25, 0.3) is 0 Å². The molecule has 0 aliphatic rings. The highest BCUT2D eigenvalue weighted by molar-refractivity contribution is 5.87. The molecular weight excluding hydrogens is 263 g/mol. The van der Waals surface area contributed by atoms with Crippen LogP contribution >= 0.6 is 0 Å². The van der Waals surface area contributed by atoms with E-state index < -0.39 is 11.8 Å². The third-order valence-electron chi connectivity index (χ3n) is 2.79. The Hall–Kier alpha value is -2.40. The lowest BCUT2D eigenvalue weighted by Gasteiger charge is -2.08. The van der Waals surface area contributed by atoms with Gasteiger partial charge >= 0.3 is 5.97 Å². The lowest BCUT2D eigenvalue weighted by Crippen LogP contribution is -2.03. The number of carboxylic acid groups (broad SMARTS) is 1. The van der Waals surface area contributed by atoms with Crippen molar-refractivity contribution in [3.05, 3.63) is 65.0 Å². The van der Waals surface area contributed by atoms with Crippen molar-refractivity contribution in [2.45, 2.75) is 13.2 Å². The smallest absolute Gasteiger partial charge is 0.335 e. The van der Waals surface area contributed by atoms with Crippen molar-refractivity contribution in [3.63, 3.8) is 0 Å². The van der Waals surface area contributed by atoms with Crippen molar-refractivity contribution in [1.29, 1.82) is 0 Å². The second-order valence-electron chi connectivity index (χ2n) is 4.20. The van der Waals surface area contributed by atoms with Gasteiger partial charge in [0.05, 0.1) is 12.2 Å². The van der Waals surface area contributed by atoms with Gasteiger partial charge in [-0.3, -0.25) is 0 Å². The SMILES string of the molecule is O=C(O)c1ccc(F)c(COc2ccc(CO)cc2)c1. The highest BCUT2D eigenvalue weighted by Crippen LogP contribution is 2.17. The van der Waals surface area contributed by atoms with Crippen LogP contribution in [-0.4, -0.2) is 16.2 Å². The summed E-state index contributed by atoms with van der Waals surface area (Å²) in [6, 6.07) is 10.3. The zero-order valence-electron chi connectivity index (χ0n) is 10.5. The molecule has 0 aromatic heterocycles. The maximum Gasteiger partial charge on any atom is 0.335 e. The van der Waals surface area contributed by atoms with Crippen molar-refractivity contribution < 1.29 is 24.1 Å². The van der Waals surface area contributed by atoms with E-state index in [4.69, 9.17) is 14.9 Å². The van der Waals surface area contributed by atoms with E-state index in [2.05, 4.69) is 0 Å². The number of rotatable bonds is 5. The molecule has 0 radical (unpaired) electrons. The number of benzene rings is 2. The molecule has 0 aliphatic heterocycles. The second kappa shape index (κ2) is 6.16. The molecule has 0 atom stereocenters. The van der Waals surface area contributed by atoms with Crippen molar-refractivity contribution in [2.24, 2.45) is 0 Å². The number of aromatic carboxylic acids is 1. The normalized spacial score (nSPS) is 10.3. The number of carbonyl (C=O) groups is 1. The number of carboxylic acids is 1. The topological polar surface area (TPSA) is 66.8 Å². The Balaban J connectivity index is 2.09. The average Bonchev–Trinajstić information content (AvgIpc) is 2.46. The predicted octanol–water partition coefficient (Wildman–Crippen LogP) is 2.60. The fourth-order valence-electron chi connectivity index (χ4n) is 1.67. The van der Waals surface area contributed by atoms with Gasteiger partial charge in [0.1, 0.15) is 18.2 Å². The summed E-state index contributed by atoms with van der Waals surface area (Å²) in [7, 11) is 0. The van der Waals surface area contributed by atoms with Crippen LogP contribution in [0.3, 0.4) is 0 Å². The van der Waals surface area contributed by atoms with Gasteiger partial charge in [0.15, 0.2) is 0 Å². The number of aliphatic hydroxyl groups is 1. The van der Waals surface area contributed by atoms with Crippen molar-refractivity contribution >= 4 is 5.97 Å². The van der Waals surface area contributed by atoms with Gasteiger partial charge in [0, 0.05) is 5.56 Å². The van der Waals surface area contributed by atoms with Gasteiger partial charge < -0.3 is 14.9 Å². The first-order valence-corrected chi connectivity index (χ1v) is 5.94. The molecule has 0 saturated carbocycles. The van der Waals surface area contributed by atoms with E-state index >= 15 is 0 Å². The molecule has 0 heterocycles. The zero-order chi connectivity index (χ0) is 14.5. The number of ether oxygens (including phenoxy) is 1. The summed E-state index contributed by atoms with van der Waals surface area (Å²) >= 11 is 0. The van der Waals surface area contributed by atoms with Crippen LogP contribution < -0.4 is 4.74 Å². The predicted molar refractivity (Wildman–Crippen MR) is 70.1 cm³/mol. The minimum absolute atomic E-state index is 0.0145. The zero-order valence-corrected chi connectivity index (χ0v) is 10.5. The molecule has 0 spiro atoms. The van der Waals surface area contributed by atoms with Crippen molar-refractivity contribution in [3.8, 4) is 5.75 Å². The third kappa shape index (κ3) is 3.33. The van der Waals surface area contributed by atoms with Gasteiger partial charge in [-0.25, -0.2) is 9.18 Å². The van der Waals surface area contributed by atoms with Crippen LogP contribution in [-0.2, 0) is 13.2 Å². The molecule has 2 aromatic carbocycles. The van der Waals surface area contributed by atoms with E-state index in [1.54, 1.807) is 24.3 Å². The molecule has 0 unspecified atom stereocenters. The minimum Gasteiger partial charge on any atom is -0.489 e. The molecule has 2 rings (SSSR count). The molecule has 0 bridgehead atoms. The molecule has 4 nitrogen and oxygen atoms in total. The summed E-state index contributed by atoms with van der Waals surface area (Å²) in [6.45, 7) is -0.124. The first kappa shape index (κ1) is 14.0. The maximum absolute atomic E-state index is 13.5. The van der Waals surface area contributed by atoms with E-state index in [0.29, 0.717) is 5.75 Å². The Morgan fingerprint density at radius 2 is 1.85 bits per heavy atom. The number of hydrogen-bond donors (Lipinski definition) is 2. The molecule has 2 aromatic rings. The van der Waals surface area contributed by atoms with Gasteiger partial charge in [-0.1, -0.05) is 12.1 Å². The maximum atomic E-state index is 13.5. The van der Waals surface area contributed by atoms with Crippen LogP contribution in [0.1, 0.15) is 21.5 Å². The van der Waals surface area contributed by atoms with Crippen LogP contribution in [0.15, 0.2) is 42.5 Å². The van der Waals surface area contributed by atoms with E-state index in [0.717, 1.165) is 11.6 Å². The lowest BCUT2D eigenvalue weighted by molar-refractivity contribution is 0.0696. The van der Waals surface area contributed by atoms with Gasteiger partial charge in [-0.15, -0.1) is 0 Å². The lowest BCUT2D eigenvalue weighted by atomic mass is 10.1. The first-order chi connectivity index (χ1) is 9.60. The van der Waals surface area contributed by atoms with Crippen LogP contribution in [0.2, 0.25) is 0 Å². The van der Waals surface area contributed by atoms with E-state index in [1.165, 1.54) is 12.1 Å². The first-order valence-electron chi connectivity index (χ1n) is 5.94. The molecule has 2 N–H and O–H groups in total. The Morgan fingerprint density at radius 1 is 1.15 bits per heavy atom.